The van der Waals surface area contributed by atoms with E-state index >= 15 is 0 Å². The zero-order valence-corrected chi connectivity index (χ0v) is 12.4. The van der Waals surface area contributed by atoms with Gasteiger partial charge in [0.1, 0.15) is 0 Å². The second-order valence-corrected chi connectivity index (χ2v) is 6.16. The number of rotatable bonds is 5. The van der Waals surface area contributed by atoms with E-state index in [1.807, 2.05) is 0 Å². The number of hydrogen-bond acceptors (Lipinski definition) is 2. The van der Waals surface area contributed by atoms with E-state index in [1.165, 1.54) is 12.8 Å². The molecule has 0 spiro atoms. The van der Waals surface area contributed by atoms with Gasteiger partial charge in [0.25, 0.3) is 0 Å². The largest absolute Gasteiger partial charge is 0.391 e. The fourth-order valence-corrected chi connectivity index (χ4v) is 3.50. The molecule has 0 saturated heterocycles. The fourth-order valence-electron chi connectivity index (χ4n) is 2.55. The Labute approximate surface area is 109 Å². The quantitative estimate of drug-likeness (QED) is 0.788. The molecular weight excluding hydrogens is 266 g/mol. The Balaban J connectivity index is 2.46. The first-order valence-electron chi connectivity index (χ1n) is 6.50. The number of hydrogen-bond donors (Lipinski definition) is 1. The molecule has 1 fully saturated rings. The van der Waals surface area contributed by atoms with Crippen molar-refractivity contribution in [2.75, 3.05) is 18.9 Å². The van der Waals surface area contributed by atoms with Crippen molar-refractivity contribution in [3.05, 3.63) is 0 Å². The number of alkyl halides is 1. The van der Waals surface area contributed by atoms with Crippen LogP contribution in [-0.2, 0) is 0 Å². The average Bonchev–Trinajstić information content (AvgIpc) is 2.25. The molecule has 2 nitrogen and oxygen atoms in total. The van der Waals surface area contributed by atoms with Crippen molar-refractivity contribution >= 4 is 15.9 Å². The summed E-state index contributed by atoms with van der Waals surface area (Å²) in [6.45, 7) is 5.64. The van der Waals surface area contributed by atoms with Gasteiger partial charge in [-0.1, -0.05) is 42.6 Å². The third-order valence-electron chi connectivity index (χ3n) is 3.92. The van der Waals surface area contributed by atoms with E-state index in [0.29, 0.717) is 17.9 Å². The van der Waals surface area contributed by atoms with Gasteiger partial charge in [0, 0.05) is 17.9 Å². The lowest BCUT2D eigenvalue weighted by molar-refractivity contribution is 0.0243. The van der Waals surface area contributed by atoms with Gasteiger partial charge in [0.2, 0.25) is 0 Å². The number of nitrogens with zero attached hydrogens (tertiary/aromatic N) is 1. The van der Waals surface area contributed by atoms with Crippen molar-refractivity contribution in [1.29, 1.82) is 0 Å². The molecule has 0 aromatic rings. The van der Waals surface area contributed by atoms with Crippen LogP contribution in [0.2, 0.25) is 0 Å². The highest BCUT2D eigenvalue weighted by Gasteiger charge is 2.28. The molecule has 3 unspecified atom stereocenters. The first-order valence-corrected chi connectivity index (χ1v) is 7.62. The summed E-state index contributed by atoms with van der Waals surface area (Å²) in [5.74, 6) is 1.38. The van der Waals surface area contributed by atoms with E-state index < -0.39 is 0 Å². The molecule has 1 aliphatic rings. The summed E-state index contributed by atoms with van der Waals surface area (Å²) in [6.07, 6.45) is 4.49. The zero-order valence-electron chi connectivity index (χ0n) is 10.8. The van der Waals surface area contributed by atoms with Crippen molar-refractivity contribution in [3.63, 3.8) is 0 Å². The first kappa shape index (κ1) is 14.5. The van der Waals surface area contributed by atoms with E-state index in [2.05, 4.69) is 41.7 Å². The van der Waals surface area contributed by atoms with Crippen LogP contribution >= 0.6 is 15.9 Å². The summed E-state index contributed by atoms with van der Waals surface area (Å²) in [6, 6.07) is 0.383. The lowest BCUT2D eigenvalue weighted by Gasteiger charge is -2.37. The molecular formula is C13H26BrNO. The molecule has 1 saturated carbocycles. The third-order valence-corrected chi connectivity index (χ3v) is 4.76. The van der Waals surface area contributed by atoms with Gasteiger partial charge in [-0.2, -0.15) is 0 Å². The predicted octanol–water partition coefficient (Wildman–Crippen LogP) is 2.89. The summed E-state index contributed by atoms with van der Waals surface area (Å²) >= 11 is 3.59. The van der Waals surface area contributed by atoms with Gasteiger partial charge in [0.05, 0.1) is 6.10 Å². The van der Waals surface area contributed by atoms with Crippen LogP contribution in [0.25, 0.3) is 0 Å². The van der Waals surface area contributed by atoms with Crippen molar-refractivity contribution in [2.45, 2.75) is 51.7 Å². The molecule has 3 heteroatoms. The lowest BCUT2D eigenvalue weighted by Crippen LogP contribution is -2.46. The summed E-state index contributed by atoms with van der Waals surface area (Å²) < 4.78 is 0. The smallest absolute Gasteiger partial charge is 0.0695 e. The normalized spacial score (nSPS) is 28.7. The van der Waals surface area contributed by atoms with Crippen LogP contribution in [-0.4, -0.2) is 41.1 Å². The molecule has 16 heavy (non-hydrogen) atoms. The molecule has 0 aromatic carbocycles. The maximum absolute atomic E-state index is 10.0. The molecule has 0 radical (unpaired) electrons. The number of likely N-dealkylation sites (N-methyl/N-ethyl adjacent to an activating group) is 1. The highest BCUT2D eigenvalue weighted by atomic mass is 79.9. The Morgan fingerprint density at radius 3 is 2.44 bits per heavy atom. The molecule has 0 aromatic heterocycles. The van der Waals surface area contributed by atoms with Crippen LogP contribution in [0.1, 0.15) is 39.5 Å². The van der Waals surface area contributed by atoms with Gasteiger partial charge in [-0.15, -0.1) is 0 Å². The third kappa shape index (κ3) is 4.01. The van der Waals surface area contributed by atoms with Gasteiger partial charge in [-0.3, -0.25) is 0 Å². The van der Waals surface area contributed by atoms with Gasteiger partial charge < -0.3 is 10.0 Å². The van der Waals surface area contributed by atoms with Gasteiger partial charge >= 0.3 is 0 Å². The number of aliphatic hydroxyl groups excluding tert-OH is 1. The Kier molecular flexibility index (Phi) is 6.30. The van der Waals surface area contributed by atoms with Crippen LogP contribution in [0.3, 0.4) is 0 Å². The van der Waals surface area contributed by atoms with Crippen LogP contribution in [0.4, 0.5) is 0 Å². The van der Waals surface area contributed by atoms with Crippen molar-refractivity contribution in [2.24, 2.45) is 11.8 Å². The van der Waals surface area contributed by atoms with Crippen LogP contribution < -0.4 is 0 Å². The average molecular weight is 292 g/mol. The monoisotopic (exact) mass is 291 g/mol. The van der Waals surface area contributed by atoms with E-state index in [4.69, 9.17) is 0 Å². The summed E-state index contributed by atoms with van der Waals surface area (Å²) in [5, 5.41) is 11.1. The van der Waals surface area contributed by atoms with Crippen molar-refractivity contribution < 1.29 is 5.11 Å². The Hall–Kier alpha value is 0.400. The molecule has 0 bridgehead atoms. The van der Waals surface area contributed by atoms with Crippen molar-refractivity contribution in [3.8, 4) is 0 Å². The SMILES string of the molecule is CC(C)C(CBr)CN(C)C1CCCCC1O. The minimum absolute atomic E-state index is 0.109. The minimum atomic E-state index is -0.109. The van der Waals surface area contributed by atoms with Gasteiger partial charge in [-0.25, -0.2) is 0 Å². The van der Waals surface area contributed by atoms with E-state index in [0.717, 1.165) is 24.7 Å². The zero-order chi connectivity index (χ0) is 12.1. The standard InChI is InChI=1S/C13H26BrNO/c1-10(2)11(8-14)9-15(3)12-6-4-5-7-13(12)16/h10-13,16H,4-9H2,1-3H3. The molecule has 0 aliphatic heterocycles. The summed E-state index contributed by atoms with van der Waals surface area (Å²) in [7, 11) is 2.16. The fraction of sp³-hybridized carbons (Fsp3) is 1.00. The Morgan fingerprint density at radius 1 is 1.31 bits per heavy atom. The highest BCUT2D eigenvalue weighted by Crippen LogP contribution is 2.24. The second-order valence-electron chi connectivity index (χ2n) is 5.52. The van der Waals surface area contributed by atoms with E-state index in [1.54, 1.807) is 0 Å². The summed E-state index contributed by atoms with van der Waals surface area (Å²) in [4.78, 5) is 2.37. The summed E-state index contributed by atoms with van der Waals surface area (Å²) in [5.41, 5.74) is 0. The lowest BCUT2D eigenvalue weighted by atomic mass is 9.90. The maximum atomic E-state index is 10.0. The highest BCUT2D eigenvalue weighted by molar-refractivity contribution is 9.09. The van der Waals surface area contributed by atoms with Crippen LogP contribution in [0, 0.1) is 11.8 Å². The Morgan fingerprint density at radius 2 is 1.94 bits per heavy atom. The molecule has 0 amide bonds. The van der Waals surface area contributed by atoms with Gasteiger partial charge in [0.15, 0.2) is 0 Å². The molecule has 1 N–H and O–H groups in total. The number of aliphatic hydroxyl groups is 1. The van der Waals surface area contributed by atoms with Crippen LogP contribution in [0.15, 0.2) is 0 Å². The maximum Gasteiger partial charge on any atom is 0.0695 e. The molecule has 3 atom stereocenters. The van der Waals surface area contributed by atoms with E-state index in [9.17, 15) is 5.11 Å². The van der Waals surface area contributed by atoms with Crippen molar-refractivity contribution in [1.82, 2.24) is 4.90 Å². The molecule has 1 rings (SSSR count). The second kappa shape index (κ2) is 6.97. The minimum Gasteiger partial charge on any atom is -0.391 e. The predicted molar refractivity (Wildman–Crippen MR) is 73.0 cm³/mol. The molecule has 0 heterocycles. The van der Waals surface area contributed by atoms with Gasteiger partial charge in [-0.05, 0) is 31.7 Å². The van der Waals surface area contributed by atoms with E-state index in [-0.39, 0.29) is 6.10 Å². The topological polar surface area (TPSA) is 23.5 Å². The first-order chi connectivity index (χ1) is 7.56. The number of halogens is 1. The molecule has 96 valence electrons. The molecule has 1 aliphatic carbocycles. The van der Waals surface area contributed by atoms with Crippen LogP contribution in [0.5, 0.6) is 0 Å². The Bertz CT molecular complexity index is 198.